The number of rotatable bonds is 5. The van der Waals surface area contributed by atoms with Crippen molar-refractivity contribution < 1.29 is 14.0 Å². The number of aryl methyl sites for hydroxylation is 1. The summed E-state index contributed by atoms with van der Waals surface area (Å²) in [5.41, 5.74) is 1.67. The number of hydrogen-bond donors (Lipinski definition) is 1. The normalized spacial score (nSPS) is 14.8. The highest BCUT2D eigenvalue weighted by molar-refractivity contribution is 7.98. The van der Waals surface area contributed by atoms with E-state index in [1.165, 1.54) is 6.07 Å². The lowest BCUT2D eigenvalue weighted by atomic mass is 10.1. The zero-order chi connectivity index (χ0) is 20.1. The number of halogens is 1. The number of hydrogen-bond acceptors (Lipinski definition) is 4. The predicted molar refractivity (Wildman–Crippen MR) is 110 cm³/mol. The molecule has 0 atom stereocenters. The Hall–Kier alpha value is -2.38. The number of nitrogens with zero attached hydrogens (tertiary/aromatic N) is 2. The number of piperazine rings is 1. The summed E-state index contributed by atoms with van der Waals surface area (Å²) in [5.74, 6) is -0.609. The molecule has 2 aromatic rings. The first-order valence-corrected chi connectivity index (χ1v) is 10.4. The van der Waals surface area contributed by atoms with E-state index in [1.54, 1.807) is 35.7 Å². The third kappa shape index (κ3) is 5.11. The molecule has 1 aliphatic heterocycles. The zero-order valence-corrected chi connectivity index (χ0v) is 16.9. The van der Waals surface area contributed by atoms with Gasteiger partial charge in [0.1, 0.15) is 5.82 Å². The molecule has 1 N–H and O–H groups in total. The maximum absolute atomic E-state index is 13.7. The van der Waals surface area contributed by atoms with E-state index in [-0.39, 0.29) is 24.2 Å². The molecule has 0 saturated carbocycles. The van der Waals surface area contributed by atoms with Gasteiger partial charge in [-0.15, -0.1) is 11.8 Å². The van der Waals surface area contributed by atoms with E-state index in [2.05, 4.69) is 5.32 Å². The highest BCUT2D eigenvalue weighted by Crippen LogP contribution is 2.19. The Morgan fingerprint density at radius 3 is 2.54 bits per heavy atom. The van der Waals surface area contributed by atoms with Crippen LogP contribution in [0.2, 0.25) is 0 Å². The molecule has 2 aromatic carbocycles. The second-order valence-electron chi connectivity index (χ2n) is 6.81. The second-order valence-corrected chi connectivity index (χ2v) is 7.69. The Bertz CT molecular complexity index is 866. The zero-order valence-electron chi connectivity index (χ0n) is 16.1. The Morgan fingerprint density at radius 1 is 1.11 bits per heavy atom. The van der Waals surface area contributed by atoms with Gasteiger partial charge < -0.3 is 10.2 Å². The van der Waals surface area contributed by atoms with Crippen LogP contribution in [0.25, 0.3) is 0 Å². The average Bonchev–Trinajstić information content (AvgIpc) is 2.70. The Balaban J connectivity index is 1.50. The van der Waals surface area contributed by atoms with Gasteiger partial charge in [0.2, 0.25) is 5.91 Å². The van der Waals surface area contributed by atoms with Crippen LogP contribution in [0.1, 0.15) is 15.9 Å². The summed E-state index contributed by atoms with van der Waals surface area (Å²) >= 11 is 1.63. The summed E-state index contributed by atoms with van der Waals surface area (Å²) in [7, 11) is 0. The van der Waals surface area contributed by atoms with Crippen molar-refractivity contribution in [2.24, 2.45) is 0 Å². The largest absolute Gasteiger partial charge is 0.336 e. The summed E-state index contributed by atoms with van der Waals surface area (Å²) in [4.78, 5) is 29.7. The van der Waals surface area contributed by atoms with E-state index in [9.17, 15) is 14.0 Å². The molecular weight excluding hydrogens is 377 g/mol. The van der Waals surface area contributed by atoms with Crippen molar-refractivity contribution >= 4 is 29.3 Å². The van der Waals surface area contributed by atoms with Crippen LogP contribution in [0.5, 0.6) is 0 Å². The van der Waals surface area contributed by atoms with Crippen LogP contribution in [-0.2, 0) is 4.79 Å². The molecule has 0 radical (unpaired) electrons. The molecule has 0 unspecified atom stereocenters. The van der Waals surface area contributed by atoms with Crippen LogP contribution in [-0.4, -0.2) is 60.6 Å². The van der Waals surface area contributed by atoms with Crippen LogP contribution in [0.3, 0.4) is 0 Å². The van der Waals surface area contributed by atoms with Gasteiger partial charge in [0.25, 0.3) is 5.91 Å². The molecule has 0 aromatic heterocycles. The molecule has 0 bridgehead atoms. The van der Waals surface area contributed by atoms with E-state index in [4.69, 9.17) is 0 Å². The first kappa shape index (κ1) is 20.4. The lowest BCUT2D eigenvalue weighted by Gasteiger charge is -2.34. The minimum Gasteiger partial charge on any atom is -0.336 e. The van der Waals surface area contributed by atoms with Crippen LogP contribution in [0, 0.1) is 12.7 Å². The van der Waals surface area contributed by atoms with Gasteiger partial charge in [0, 0.05) is 42.3 Å². The van der Waals surface area contributed by atoms with Gasteiger partial charge in [-0.2, -0.15) is 0 Å². The smallest absolute Gasteiger partial charge is 0.254 e. The lowest BCUT2D eigenvalue weighted by Crippen LogP contribution is -2.50. The van der Waals surface area contributed by atoms with E-state index >= 15 is 0 Å². The van der Waals surface area contributed by atoms with Crippen molar-refractivity contribution in [3.05, 3.63) is 59.4 Å². The maximum atomic E-state index is 13.7. The third-order valence-corrected chi connectivity index (χ3v) is 5.52. The molecule has 1 saturated heterocycles. The number of benzene rings is 2. The molecular formula is C21H24FN3O2S. The van der Waals surface area contributed by atoms with Crippen LogP contribution in [0.15, 0.2) is 47.4 Å². The number of anilines is 1. The Labute approximate surface area is 168 Å². The van der Waals surface area contributed by atoms with E-state index in [0.29, 0.717) is 37.3 Å². The SMILES string of the molecule is CSc1cccc(NC(=O)CN2CCN(C(=O)c3ccc(C)c(F)c3)CC2)c1. The van der Waals surface area contributed by atoms with Crippen molar-refractivity contribution in [1.82, 2.24) is 9.80 Å². The van der Waals surface area contributed by atoms with E-state index < -0.39 is 0 Å². The van der Waals surface area contributed by atoms with Gasteiger partial charge in [0.15, 0.2) is 0 Å². The Morgan fingerprint density at radius 2 is 1.86 bits per heavy atom. The summed E-state index contributed by atoms with van der Waals surface area (Å²) in [5, 5.41) is 2.92. The Kier molecular flexibility index (Phi) is 6.70. The van der Waals surface area contributed by atoms with Crippen LogP contribution >= 0.6 is 11.8 Å². The maximum Gasteiger partial charge on any atom is 0.254 e. The lowest BCUT2D eigenvalue weighted by molar-refractivity contribution is -0.117. The molecule has 28 heavy (non-hydrogen) atoms. The summed E-state index contributed by atoms with van der Waals surface area (Å²) in [6.45, 7) is 4.21. The minimum atomic E-state index is -0.369. The number of nitrogens with one attached hydrogen (secondary N) is 1. The number of carbonyl (C=O) groups excluding carboxylic acids is 2. The molecule has 1 heterocycles. The van der Waals surface area contributed by atoms with Crippen molar-refractivity contribution in [2.45, 2.75) is 11.8 Å². The fourth-order valence-electron chi connectivity index (χ4n) is 3.12. The fraction of sp³-hybridized carbons (Fsp3) is 0.333. The molecule has 2 amide bonds. The van der Waals surface area contributed by atoms with E-state index in [1.807, 2.05) is 35.4 Å². The molecule has 1 fully saturated rings. The summed E-state index contributed by atoms with van der Waals surface area (Å²) in [6, 6.07) is 12.3. The average molecular weight is 402 g/mol. The minimum absolute atomic E-state index is 0.0707. The van der Waals surface area contributed by atoms with Crippen molar-refractivity contribution in [3.8, 4) is 0 Å². The standard InChI is InChI=1S/C21H24FN3O2S/c1-15-6-7-16(12-19(15)22)21(27)25-10-8-24(9-11-25)14-20(26)23-17-4-3-5-18(13-17)28-2/h3-7,12-13H,8-11,14H2,1-2H3,(H,23,26). The van der Waals surface area contributed by atoms with Gasteiger partial charge in [-0.3, -0.25) is 14.5 Å². The second kappa shape index (κ2) is 9.21. The fourth-order valence-corrected chi connectivity index (χ4v) is 3.58. The number of thioether (sulfide) groups is 1. The van der Waals surface area contributed by atoms with Crippen LogP contribution in [0.4, 0.5) is 10.1 Å². The predicted octanol–water partition coefficient (Wildman–Crippen LogP) is 3.25. The van der Waals surface area contributed by atoms with Gasteiger partial charge >= 0.3 is 0 Å². The first-order chi connectivity index (χ1) is 13.5. The van der Waals surface area contributed by atoms with Crippen molar-refractivity contribution in [3.63, 3.8) is 0 Å². The van der Waals surface area contributed by atoms with Crippen molar-refractivity contribution in [2.75, 3.05) is 44.3 Å². The molecule has 5 nitrogen and oxygen atoms in total. The van der Waals surface area contributed by atoms with Gasteiger partial charge in [-0.1, -0.05) is 12.1 Å². The van der Waals surface area contributed by atoms with Gasteiger partial charge in [0.05, 0.1) is 6.54 Å². The summed E-state index contributed by atoms with van der Waals surface area (Å²) in [6.07, 6.45) is 1.99. The number of carbonyl (C=O) groups is 2. The van der Waals surface area contributed by atoms with Crippen molar-refractivity contribution in [1.29, 1.82) is 0 Å². The highest BCUT2D eigenvalue weighted by Gasteiger charge is 2.23. The van der Waals surface area contributed by atoms with Gasteiger partial charge in [-0.25, -0.2) is 4.39 Å². The molecule has 1 aliphatic rings. The van der Waals surface area contributed by atoms with Crippen LogP contribution < -0.4 is 5.32 Å². The highest BCUT2D eigenvalue weighted by atomic mass is 32.2. The molecule has 3 rings (SSSR count). The topological polar surface area (TPSA) is 52.7 Å². The molecule has 0 aliphatic carbocycles. The molecule has 0 spiro atoms. The first-order valence-electron chi connectivity index (χ1n) is 9.18. The van der Waals surface area contributed by atoms with Gasteiger partial charge in [-0.05, 0) is 49.1 Å². The summed E-state index contributed by atoms with van der Waals surface area (Å²) < 4.78 is 13.7. The van der Waals surface area contributed by atoms with E-state index in [0.717, 1.165) is 10.6 Å². The third-order valence-electron chi connectivity index (χ3n) is 4.80. The monoisotopic (exact) mass is 401 g/mol. The molecule has 7 heteroatoms. The quantitative estimate of drug-likeness (QED) is 0.782. The molecule has 148 valence electrons. The number of amides is 2.